The molecule has 4 rings (SSSR count). The summed E-state index contributed by atoms with van der Waals surface area (Å²) < 4.78 is 13.1. The highest BCUT2D eigenvalue weighted by Gasteiger charge is 2.26. The summed E-state index contributed by atoms with van der Waals surface area (Å²) in [6.07, 6.45) is 5.51. The number of benzene rings is 1. The Hall–Kier alpha value is -3.29. The maximum absolute atomic E-state index is 12.8. The summed E-state index contributed by atoms with van der Waals surface area (Å²) in [4.78, 5) is 14.1. The summed E-state index contributed by atoms with van der Waals surface area (Å²) in [7, 11) is 1.62. The fourth-order valence-electron chi connectivity index (χ4n) is 4.42. The molecule has 0 spiro atoms. The first kappa shape index (κ1) is 26.8. The van der Waals surface area contributed by atoms with Crippen molar-refractivity contribution in [2.75, 3.05) is 18.2 Å². The maximum atomic E-state index is 12.8. The summed E-state index contributed by atoms with van der Waals surface area (Å²) in [6.45, 7) is 8.44. The van der Waals surface area contributed by atoms with E-state index in [0.29, 0.717) is 39.8 Å². The molecule has 1 N–H and O–H groups in total. The van der Waals surface area contributed by atoms with Crippen LogP contribution in [-0.2, 0) is 24.2 Å². The standard InChI is InChI=1S/C27H31N5O3S2/c1-5-13-32-25(17(3)35-20-10-8-19(34-4)9-11-20)30-31-27(32)36-16-24(33)29-26-22(15-28)21-12-7-18(6-2)14-23(21)37-26/h5,8-11,17-18H,1,6-7,12-14,16H2,2-4H3,(H,29,33). The number of nitrogens with zero attached hydrogens (tertiary/aromatic N) is 4. The number of ether oxygens (including phenoxy) is 2. The first-order chi connectivity index (χ1) is 18.0. The van der Waals surface area contributed by atoms with Crippen LogP contribution in [0.4, 0.5) is 5.00 Å². The Balaban J connectivity index is 1.42. The molecule has 8 nitrogen and oxygen atoms in total. The molecule has 2 unspecified atom stereocenters. The maximum Gasteiger partial charge on any atom is 0.235 e. The third-order valence-corrected chi connectivity index (χ3v) is 8.57. The Labute approximate surface area is 225 Å². The van der Waals surface area contributed by atoms with Gasteiger partial charge in [0, 0.05) is 11.4 Å². The number of hydrogen-bond donors (Lipinski definition) is 1. The molecular formula is C27H31N5O3S2. The monoisotopic (exact) mass is 537 g/mol. The topological polar surface area (TPSA) is 102 Å². The van der Waals surface area contributed by atoms with Crippen LogP contribution in [0.25, 0.3) is 0 Å². The quantitative estimate of drug-likeness (QED) is 0.244. The zero-order valence-electron chi connectivity index (χ0n) is 21.3. The molecule has 37 heavy (non-hydrogen) atoms. The highest BCUT2D eigenvalue weighted by atomic mass is 32.2. The van der Waals surface area contributed by atoms with Gasteiger partial charge >= 0.3 is 0 Å². The van der Waals surface area contributed by atoms with Crippen molar-refractivity contribution in [3.63, 3.8) is 0 Å². The smallest absolute Gasteiger partial charge is 0.235 e. The van der Waals surface area contributed by atoms with Crippen LogP contribution in [-0.4, -0.2) is 33.5 Å². The lowest BCUT2D eigenvalue weighted by molar-refractivity contribution is -0.113. The molecule has 10 heteroatoms. The number of anilines is 1. The number of hydrogen-bond acceptors (Lipinski definition) is 8. The number of allylic oxidation sites excluding steroid dienone is 1. The van der Waals surface area contributed by atoms with E-state index in [1.807, 2.05) is 35.8 Å². The largest absolute Gasteiger partial charge is 0.497 e. The van der Waals surface area contributed by atoms with Crippen LogP contribution in [0.15, 0.2) is 42.1 Å². The van der Waals surface area contributed by atoms with E-state index in [2.05, 4.69) is 35.1 Å². The molecular weight excluding hydrogens is 506 g/mol. The van der Waals surface area contributed by atoms with Crippen LogP contribution < -0.4 is 14.8 Å². The highest BCUT2D eigenvalue weighted by Crippen LogP contribution is 2.40. The number of nitriles is 1. The molecule has 194 valence electrons. The number of fused-ring (bicyclic) bond motifs is 1. The number of carbonyl (C=O) groups is 1. The molecule has 0 saturated heterocycles. The molecule has 2 atom stereocenters. The second-order valence-electron chi connectivity index (χ2n) is 8.85. The van der Waals surface area contributed by atoms with Crippen molar-refractivity contribution in [2.45, 2.75) is 57.3 Å². The number of carbonyl (C=O) groups excluding carboxylic acids is 1. The van der Waals surface area contributed by atoms with Gasteiger partial charge in [-0.25, -0.2) is 0 Å². The molecule has 0 aliphatic heterocycles. The van der Waals surface area contributed by atoms with E-state index in [4.69, 9.17) is 9.47 Å². The van der Waals surface area contributed by atoms with E-state index in [1.165, 1.54) is 16.6 Å². The molecule has 0 radical (unpaired) electrons. The van der Waals surface area contributed by atoms with Crippen LogP contribution in [0.3, 0.4) is 0 Å². The Morgan fingerprint density at radius 3 is 2.81 bits per heavy atom. The molecule has 1 aliphatic carbocycles. The lowest BCUT2D eigenvalue weighted by Gasteiger charge is -2.20. The third kappa shape index (κ3) is 6.17. The average molecular weight is 538 g/mol. The molecule has 0 fully saturated rings. The zero-order chi connectivity index (χ0) is 26.4. The lowest BCUT2D eigenvalue weighted by Crippen LogP contribution is -2.15. The van der Waals surface area contributed by atoms with Crippen molar-refractivity contribution in [1.29, 1.82) is 5.26 Å². The zero-order valence-corrected chi connectivity index (χ0v) is 23.0. The number of aromatic nitrogens is 3. The summed E-state index contributed by atoms with van der Waals surface area (Å²) in [5, 5.41) is 22.6. The fraction of sp³-hybridized carbons (Fsp3) is 0.407. The average Bonchev–Trinajstić information content (AvgIpc) is 3.47. The predicted molar refractivity (Wildman–Crippen MR) is 146 cm³/mol. The van der Waals surface area contributed by atoms with E-state index < -0.39 is 0 Å². The van der Waals surface area contributed by atoms with Crippen LogP contribution in [0.2, 0.25) is 0 Å². The van der Waals surface area contributed by atoms with Crippen molar-refractivity contribution in [3.8, 4) is 17.6 Å². The van der Waals surface area contributed by atoms with Gasteiger partial charge in [-0.3, -0.25) is 9.36 Å². The minimum absolute atomic E-state index is 0.147. The fourth-order valence-corrected chi connectivity index (χ4v) is 6.50. The predicted octanol–water partition coefficient (Wildman–Crippen LogP) is 5.79. The number of methoxy groups -OCH3 is 1. The molecule has 0 bridgehead atoms. The van der Waals surface area contributed by atoms with Crippen LogP contribution >= 0.6 is 23.1 Å². The Kier molecular flexibility index (Phi) is 8.90. The van der Waals surface area contributed by atoms with E-state index in [-0.39, 0.29) is 17.8 Å². The van der Waals surface area contributed by atoms with E-state index in [9.17, 15) is 10.1 Å². The molecule has 1 amide bonds. The van der Waals surface area contributed by atoms with E-state index >= 15 is 0 Å². The van der Waals surface area contributed by atoms with Crippen molar-refractivity contribution < 1.29 is 14.3 Å². The van der Waals surface area contributed by atoms with Gasteiger partial charge in [-0.15, -0.1) is 28.1 Å². The number of thiophene rings is 1. The molecule has 1 aliphatic rings. The normalized spacial score (nSPS) is 15.4. The van der Waals surface area contributed by atoms with Crippen LogP contribution in [0.1, 0.15) is 54.6 Å². The van der Waals surface area contributed by atoms with Gasteiger partial charge in [0.1, 0.15) is 22.6 Å². The van der Waals surface area contributed by atoms with Gasteiger partial charge in [-0.1, -0.05) is 31.2 Å². The minimum atomic E-state index is -0.369. The number of nitrogens with one attached hydrogen (secondary N) is 1. The molecule has 2 aromatic heterocycles. The van der Waals surface area contributed by atoms with Crippen molar-refractivity contribution >= 4 is 34.0 Å². The van der Waals surface area contributed by atoms with Gasteiger partial charge in [0.05, 0.1) is 18.4 Å². The Morgan fingerprint density at radius 2 is 2.14 bits per heavy atom. The highest BCUT2D eigenvalue weighted by molar-refractivity contribution is 7.99. The van der Waals surface area contributed by atoms with Crippen LogP contribution in [0, 0.1) is 17.2 Å². The van der Waals surface area contributed by atoms with Crippen molar-refractivity contribution in [3.05, 3.63) is 58.7 Å². The third-order valence-electron chi connectivity index (χ3n) is 6.43. The van der Waals surface area contributed by atoms with Crippen LogP contribution in [0.5, 0.6) is 11.5 Å². The number of thioether (sulfide) groups is 1. The second-order valence-corrected chi connectivity index (χ2v) is 10.9. The van der Waals surface area contributed by atoms with Gasteiger partial charge in [0.15, 0.2) is 17.1 Å². The van der Waals surface area contributed by atoms with E-state index in [0.717, 1.165) is 37.0 Å². The summed E-state index contributed by atoms with van der Waals surface area (Å²) in [5.41, 5.74) is 1.73. The summed E-state index contributed by atoms with van der Waals surface area (Å²) in [6, 6.07) is 9.66. The summed E-state index contributed by atoms with van der Waals surface area (Å²) >= 11 is 2.84. The number of amides is 1. The van der Waals surface area contributed by atoms with Gasteiger partial charge in [0.2, 0.25) is 5.91 Å². The lowest BCUT2D eigenvalue weighted by atomic mass is 9.86. The van der Waals surface area contributed by atoms with Crippen molar-refractivity contribution in [1.82, 2.24) is 14.8 Å². The van der Waals surface area contributed by atoms with Gasteiger partial charge in [-0.2, -0.15) is 5.26 Å². The van der Waals surface area contributed by atoms with E-state index in [1.54, 1.807) is 24.5 Å². The second kappa shape index (κ2) is 12.3. The first-order valence-electron chi connectivity index (χ1n) is 12.3. The SMILES string of the molecule is C=CCn1c(SCC(=O)Nc2sc3c(c2C#N)CCC(CC)C3)nnc1C(C)Oc1ccc(OC)cc1. The Bertz CT molecular complexity index is 1290. The number of rotatable bonds is 11. The molecule has 0 saturated carbocycles. The molecule has 1 aromatic carbocycles. The van der Waals surface area contributed by atoms with Gasteiger partial charge < -0.3 is 14.8 Å². The van der Waals surface area contributed by atoms with Gasteiger partial charge in [0.25, 0.3) is 0 Å². The summed E-state index contributed by atoms with van der Waals surface area (Å²) in [5.74, 6) is 2.70. The molecule has 2 heterocycles. The van der Waals surface area contributed by atoms with Crippen molar-refractivity contribution in [2.24, 2.45) is 5.92 Å². The first-order valence-corrected chi connectivity index (χ1v) is 14.1. The molecule has 3 aromatic rings. The minimum Gasteiger partial charge on any atom is -0.497 e. The van der Waals surface area contributed by atoms with Gasteiger partial charge in [-0.05, 0) is 61.9 Å². The Morgan fingerprint density at radius 1 is 1.38 bits per heavy atom.